The Hall–Kier alpha value is -3.28. The van der Waals surface area contributed by atoms with Crippen molar-refractivity contribution < 1.29 is 19.2 Å². The van der Waals surface area contributed by atoms with Gasteiger partial charge in [-0.25, -0.2) is 0 Å². The highest BCUT2D eigenvalue weighted by atomic mass is 16.2. The summed E-state index contributed by atoms with van der Waals surface area (Å²) in [5, 5.41) is 2.75. The van der Waals surface area contributed by atoms with Crippen LogP contribution in [0.25, 0.3) is 0 Å². The number of imide groups is 1. The van der Waals surface area contributed by atoms with E-state index in [0.29, 0.717) is 29.5 Å². The zero-order valence-corrected chi connectivity index (χ0v) is 16.7. The number of fused-ring (bicyclic) bond motifs is 3. The van der Waals surface area contributed by atoms with Crippen molar-refractivity contribution >= 4 is 29.2 Å². The lowest BCUT2D eigenvalue weighted by atomic mass is 9.71. The first-order valence-corrected chi connectivity index (χ1v) is 9.69. The molecule has 0 radical (unpaired) electrons. The van der Waals surface area contributed by atoms with Gasteiger partial charge in [-0.2, -0.15) is 0 Å². The summed E-state index contributed by atoms with van der Waals surface area (Å²) in [4.78, 5) is 52.7. The molecule has 6 nitrogen and oxygen atoms in total. The fourth-order valence-corrected chi connectivity index (χ4v) is 4.22. The van der Waals surface area contributed by atoms with Gasteiger partial charge in [0.1, 0.15) is 0 Å². The first kappa shape index (κ1) is 19.1. The molecular weight excluding hydrogens is 368 g/mol. The van der Waals surface area contributed by atoms with Gasteiger partial charge in [0.2, 0.25) is 0 Å². The second-order valence-electron chi connectivity index (χ2n) is 8.32. The summed E-state index contributed by atoms with van der Waals surface area (Å²) in [5.41, 5.74) is 1.84. The van der Waals surface area contributed by atoms with Crippen LogP contribution in [0.4, 0.5) is 5.69 Å². The minimum absolute atomic E-state index is 0.0792. The third-order valence-electron chi connectivity index (χ3n) is 5.55. The van der Waals surface area contributed by atoms with Gasteiger partial charge in [0, 0.05) is 24.1 Å². The van der Waals surface area contributed by atoms with Gasteiger partial charge in [-0.05, 0) is 42.5 Å². The molecule has 1 aliphatic carbocycles. The third-order valence-corrected chi connectivity index (χ3v) is 5.55. The molecule has 1 aliphatic heterocycles. The predicted octanol–water partition coefficient (Wildman–Crippen LogP) is 3.71. The maximum Gasteiger partial charge on any atom is 0.263 e. The predicted molar refractivity (Wildman–Crippen MR) is 108 cm³/mol. The molecule has 29 heavy (non-hydrogen) atoms. The van der Waals surface area contributed by atoms with Gasteiger partial charge < -0.3 is 5.32 Å². The van der Waals surface area contributed by atoms with Crippen LogP contribution in [0.15, 0.2) is 36.4 Å². The van der Waals surface area contributed by atoms with Crippen LogP contribution in [0.5, 0.6) is 0 Å². The van der Waals surface area contributed by atoms with Gasteiger partial charge in [-0.3, -0.25) is 24.1 Å². The van der Waals surface area contributed by atoms with E-state index in [2.05, 4.69) is 5.32 Å². The van der Waals surface area contributed by atoms with Crippen LogP contribution in [-0.2, 0) is 6.42 Å². The third kappa shape index (κ3) is 3.05. The second-order valence-corrected chi connectivity index (χ2v) is 8.32. The van der Waals surface area contributed by atoms with Gasteiger partial charge >= 0.3 is 0 Å². The van der Waals surface area contributed by atoms with Crippen molar-refractivity contribution in [2.45, 2.75) is 33.6 Å². The maximum atomic E-state index is 13.0. The Morgan fingerprint density at radius 3 is 2.34 bits per heavy atom. The average molecular weight is 390 g/mol. The van der Waals surface area contributed by atoms with Crippen LogP contribution >= 0.6 is 0 Å². The molecule has 0 saturated carbocycles. The van der Waals surface area contributed by atoms with E-state index in [-0.39, 0.29) is 34.6 Å². The lowest BCUT2D eigenvalue weighted by molar-refractivity contribution is 0.0662. The van der Waals surface area contributed by atoms with Gasteiger partial charge in [0.05, 0.1) is 16.8 Å². The van der Waals surface area contributed by atoms with Crippen molar-refractivity contribution in [1.29, 1.82) is 0 Å². The SMILES string of the molecule is CCN1C(=O)c2c(NC(=O)c3ccccc3)cc3c(c2C1=O)CC(C)(C)CC3=O. The van der Waals surface area contributed by atoms with Crippen LogP contribution in [0.1, 0.15) is 74.2 Å². The molecule has 2 aromatic carbocycles. The normalized spacial score (nSPS) is 17.2. The van der Waals surface area contributed by atoms with E-state index in [1.54, 1.807) is 43.3 Å². The summed E-state index contributed by atoms with van der Waals surface area (Å²) in [6.45, 7) is 5.91. The largest absolute Gasteiger partial charge is 0.321 e. The molecule has 0 spiro atoms. The van der Waals surface area contributed by atoms with E-state index in [0.717, 1.165) is 4.90 Å². The average Bonchev–Trinajstić information content (AvgIpc) is 2.93. The number of nitrogens with zero attached hydrogens (tertiary/aromatic N) is 1. The number of anilines is 1. The Balaban J connectivity index is 1.89. The highest BCUT2D eigenvalue weighted by Gasteiger charge is 2.43. The molecule has 0 aromatic heterocycles. The fraction of sp³-hybridized carbons (Fsp3) is 0.304. The van der Waals surface area contributed by atoms with E-state index >= 15 is 0 Å². The van der Waals surface area contributed by atoms with Crippen LogP contribution in [0, 0.1) is 5.41 Å². The zero-order chi connectivity index (χ0) is 20.9. The Kier molecular flexibility index (Phi) is 4.37. The summed E-state index contributed by atoms with van der Waals surface area (Å²) in [6, 6.07) is 10.2. The highest BCUT2D eigenvalue weighted by molar-refractivity contribution is 6.26. The van der Waals surface area contributed by atoms with Crippen molar-refractivity contribution in [3.8, 4) is 0 Å². The Bertz CT molecular complexity index is 1070. The molecule has 3 amide bonds. The number of ketones is 1. The van der Waals surface area contributed by atoms with Crippen molar-refractivity contribution in [3.05, 3.63) is 64.2 Å². The first-order chi connectivity index (χ1) is 13.7. The van der Waals surface area contributed by atoms with Crippen LogP contribution in [0.2, 0.25) is 0 Å². The molecule has 2 aromatic rings. The molecule has 148 valence electrons. The Morgan fingerprint density at radius 1 is 1.03 bits per heavy atom. The van der Waals surface area contributed by atoms with Crippen LogP contribution in [-0.4, -0.2) is 34.9 Å². The van der Waals surface area contributed by atoms with E-state index in [1.165, 1.54) is 0 Å². The van der Waals surface area contributed by atoms with Gasteiger partial charge in [0.15, 0.2) is 5.78 Å². The number of amides is 3. The van der Waals surface area contributed by atoms with E-state index < -0.39 is 17.7 Å². The Morgan fingerprint density at radius 2 is 1.69 bits per heavy atom. The van der Waals surface area contributed by atoms with Crippen LogP contribution < -0.4 is 5.32 Å². The molecule has 4 rings (SSSR count). The number of hydrogen-bond donors (Lipinski definition) is 1. The topological polar surface area (TPSA) is 83.6 Å². The number of benzene rings is 2. The molecule has 2 aliphatic rings. The Labute approximate surface area is 168 Å². The monoisotopic (exact) mass is 390 g/mol. The lowest BCUT2D eigenvalue weighted by Crippen LogP contribution is -2.31. The summed E-state index contributed by atoms with van der Waals surface area (Å²) in [6.07, 6.45) is 0.879. The minimum Gasteiger partial charge on any atom is -0.321 e. The fourth-order valence-electron chi connectivity index (χ4n) is 4.22. The molecular formula is C23H22N2O4. The minimum atomic E-state index is -0.436. The van der Waals surface area contributed by atoms with Gasteiger partial charge in [0.25, 0.3) is 17.7 Å². The lowest BCUT2D eigenvalue weighted by Gasteiger charge is -2.31. The van der Waals surface area contributed by atoms with Gasteiger partial charge in [-0.1, -0.05) is 32.0 Å². The molecule has 1 heterocycles. The van der Waals surface area contributed by atoms with Crippen molar-refractivity contribution in [2.75, 3.05) is 11.9 Å². The number of Topliss-reactive ketones (excluding diaryl/α,β-unsaturated/α-hetero) is 1. The van der Waals surface area contributed by atoms with E-state index in [1.807, 2.05) is 13.8 Å². The molecule has 0 bridgehead atoms. The number of carbonyl (C=O) groups excluding carboxylic acids is 4. The first-order valence-electron chi connectivity index (χ1n) is 9.69. The number of hydrogen-bond acceptors (Lipinski definition) is 4. The van der Waals surface area contributed by atoms with Crippen molar-refractivity contribution in [3.63, 3.8) is 0 Å². The smallest absolute Gasteiger partial charge is 0.263 e. The standard InChI is InChI=1S/C23H22N2O4/c1-4-25-21(28)18-15-11-23(2,3)12-17(26)14(15)10-16(19(18)22(25)29)24-20(27)13-8-6-5-7-9-13/h5-10H,4,11-12H2,1-3H3,(H,24,27). The quantitative estimate of drug-likeness (QED) is 0.810. The molecule has 0 atom stereocenters. The number of rotatable bonds is 3. The van der Waals surface area contributed by atoms with E-state index in [9.17, 15) is 19.2 Å². The molecule has 0 fully saturated rings. The number of carbonyl (C=O) groups is 4. The summed E-state index contributed by atoms with van der Waals surface area (Å²) < 4.78 is 0. The van der Waals surface area contributed by atoms with Crippen LogP contribution in [0.3, 0.4) is 0 Å². The second kappa shape index (κ2) is 6.65. The van der Waals surface area contributed by atoms with Crippen molar-refractivity contribution in [2.24, 2.45) is 5.41 Å². The van der Waals surface area contributed by atoms with E-state index in [4.69, 9.17) is 0 Å². The summed E-state index contributed by atoms with van der Waals surface area (Å²) in [7, 11) is 0. The summed E-state index contributed by atoms with van der Waals surface area (Å²) >= 11 is 0. The highest BCUT2D eigenvalue weighted by Crippen LogP contribution is 2.42. The van der Waals surface area contributed by atoms with Gasteiger partial charge in [-0.15, -0.1) is 0 Å². The molecule has 0 unspecified atom stereocenters. The summed E-state index contributed by atoms with van der Waals surface area (Å²) in [5.74, 6) is -1.31. The number of nitrogens with one attached hydrogen (secondary N) is 1. The van der Waals surface area contributed by atoms with Crippen molar-refractivity contribution in [1.82, 2.24) is 4.90 Å². The maximum absolute atomic E-state index is 13.0. The molecule has 0 saturated heterocycles. The molecule has 6 heteroatoms. The molecule has 1 N–H and O–H groups in total. The zero-order valence-electron chi connectivity index (χ0n) is 16.7.